The SMILES string of the molecule is CC(C)(C)OC(=O)Nc1nc2ccc(Cl)cc2c(-c2ccccc2)c1C#N. The number of rotatable bonds is 2. The van der Waals surface area contributed by atoms with Crippen LogP contribution in [0, 0.1) is 11.3 Å². The Morgan fingerprint density at radius 2 is 1.89 bits per heavy atom. The maximum Gasteiger partial charge on any atom is 0.413 e. The molecule has 0 aliphatic carbocycles. The van der Waals surface area contributed by atoms with E-state index in [1.807, 2.05) is 30.3 Å². The average molecular weight is 380 g/mol. The Balaban J connectivity index is 2.23. The molecule has 6 heteroatoms. The van der Waals surface area contributed by atoms with E-state index in [4.69, 9.17) is 16.3 Å². The first-order chi connectivity index (χ1) is 12.8. The summed E-state index contributed by atoms with van der Waals surface area (Å²) in [5.74, 6) is 0.153. The number of pyridine rings is 1. The number of carbonyl (C=O) groups excluding carboxylic acids is 1. The van der Waals surface area contributed by atoms with E-state index in [-0.39, 0.29) is 11.4 Å². The van der Waals surface area contributed by atoms with Gasteiger partial charge >= 0.3 is 6.09 Å². The fourth-order valence-electron chi connectivity index (χ4n) is 2.74. The molecule has 1 heterocycles. The molecule has 0 saturated carbocycles. The monoisotopic (exact) mass is 379 g/mol. The van der Waals surface area contributed by atoms with Gasteiger partial charge in [0, 0.05) is 16.0 Å². The van der Waals surface area contributed by atoms with Crippen LogP contribution in [0.4, 0.5) is 10.6 Å². The van der Waals surface area contributed by atoms with Crippen LogP contribution in [0.1, 0.15) is 26.3 Å². The van der Waals surface area contributed by atoms with Crippen molar-refractivity contribution >= 4 is 34.4 Å². The average Bonchev–Trinajstić information content (AvgIpc) is 2.60. The predicted octanol–water partition coefficient (Wildman–Crippen LogP) is 5.77. The molecule has 0 unspecified atom stereocenters. The van der Waals surface area contributed by atoms with Crippen LogP contribution in [-0.4, -0.2) is 16.7 Å². The van der Waals surface area contributed by atoms with Crippen LogP contribution < -0.4 is 5.32 Å². The topological polar surface area (TPSA) is 75.0 Å². The van der Waals surface area contributed by atoms with E-state index < -0.39 is 11.7 Å². The van der Waals surface area contributed by atoms with E-state index >= 15 is 0 Å². The van der Waals surface area contributed by atoms with Crippen LogP contribution in [0.15, 0.2) is 48.5 Å². The number of carbonyl (C=O) groups is 1. The number of fused-ring (bicyclic) bond motifs is 1. The zero-order valence-electron chi connectivity index (χ0n) is 15.2. The van der Waals surface area contributed by atoms with Crippen LogP contribution in [0.5, 0.6) is 0 Å². The molecule has 5 nitrogen and oxygen atoms in total. The molecule has 136 valence electrons. The standard InChI is InChI=1S/C21H18ClN3O2/c1-21(2,3)27-20(26)25-19-16(12-23)18(13-7-5-4-6-8-13)15-11-14(22)9-10-17(15)24-19/h4-11H,1-3H3,(H,24,25,26). The molecule has 0 atom stereocenters. The minimum atomic E-state index is -0.668. The lowest BCUT2D eigenvalue weighted by molar-refractivity contribution is 0.0635. The smallest absolute Gasteiger partial charge is 0.413 e. The zero-order valence-corrected chi connectivity index (χ0v) is 16.0. The number of hydrogen-bond donors (Lipinski definition) is 1. The number of ether oxygens (including phenoxy) is 1. The Hall–Kier alpha value is -3.10. The lowest BCUT2D eigenvalue weighted by Gasteiger charge is -2.20. The Morgan fingerprint density at radius 1 is 1.19 bits per heavy atom. The Morgan fingerprint density at radius 3 is 2.52 bits per heavy atom. The molecule has 0 fully saturated rings. The van der Waals surface area contributed by atoms with Crippen molar-refractivity contribution in [3.8, 4) is 17.2 Å². The fraction of sp³-hybridized carbons (Fsp3) is 0.190. The van der Waals surface area contributed by atoms with Crippen molar-refractivity contribution in [3.63, 3.8) is 0 Å². The van der Waals surface area contributed by atoms with Crippen LogP contribution in [-0.2, 0) is 4.74 Å². The van der Waals surface area contributed by atoms with Gasteiger partial charge in [0.25, 0.3) is 0 Å². The highest BCUT2D eigenvalue weighted by atomic mass is 35.5. The lowest BCUT2D eigenvalue weighted by atomic mass is 9.96. The summed E-state index contributed by atoms with van der Waals surface area (Å²) in [5.41, 5.74) is 1.70. The second kappa shape index (κ2) is 7.26. The van der Waals surface area contributed by atoms with Crippen molar-refractivity contribution in [2.75, 3.05) is 5.32 Å². The summed E-state index contributed by atoms with van der Waals surface area (Å²) >= 11 is 6.17. The first-order valence-electron chi connectivity index (χ1n) is 8.37. The van der Waals surface area contributed by atoms with Crippen molar-refractivity contribution in [2.24, 2.45) is 0 Å². The summed E-state index contributed by atoms with van der Waals surface area (Å²) in [7, 11) is 0. The maximum atomic E-state index is 12.2. The Kier molecular flexibility index (Phi) is 5.02. The van der Waals surface area contributed by atoms with Gasteiger partial charge < -0.3 is 4.74 Å². The van der Waals surface area contributed by atoms with Gasteiger partial charge in [-0.15, -0.1) is 0 Å². The van der Waals surface area contributed by atoms with Gasteiger partial charge in [-0.1, -0.05) is 41.9 Å². The van der Waals surface area contributed by atoms with Crippen molar-refractivity contribution in [3.05, 3.63) is 59.1 Å². The van der Waals surface area contributed by atoms with E-state index in [2.05, 4.69) is 16.4 Å². The second-order valence-electron chi connectivity index (χ2n) is 6.98. The van der Waals surface area contributed by atoms with Gasteiger partial charge in [-0.3, -0.25) is 5.32 Å². The predicted molar refractivity (Wildman–Crippen MR) is 107 cm³/mol. The number of nitrogens with zero attached hydrogens (tertiary/aromatic N) is 2. The molecular formula is C21H18ClN3O2. The largest absolute Gasteiger partial charge is 0.444 e. The highest BCUT2D eigenvalue weighted by molar-refractivity contribution is 6.31. The molecule has 2 aromatic carbocycles. The van der Waals surface area contributed by atoms with Gasteiger partial charge in [-0.25, -0.2) is 9.78 Å². The number of hydrogen-bond acceptors (Lipinski definition) is 4. The number of nitriles is 1. The molecule has 3 rings (SSSR count). The van der Waals surface area contributed by atoms with Crippen molar-refractivity contribution < 1.29 is 9.53 Å². The summed E-state index contributed by atoms with van der Waals surface area (Å²) in [5, 5.41) is 13.7. The number of benzene rings is 2. The molecule has 0 spiro atoms. The molecule has 0 saturated heterocycles. The number of anilines is 1. The third-order valence-corrected chi connectivity index (χ3v) is 3.98. The van der Waals surface area contributed by atoms with Gasteiger partial charge in [-0.05, 0) is 44.5 Å². The summed E-state index contributed by atoms with van der Waals surface area (Å²) < 4.78 is 5.30. The maximum absolute atomic E-state index is 12.2. The van der Waals surface area contributed by atoms with E-state index in [1.54, 1.807) is 39.0 Å². The van der Waals surface area contributed by atoms with Crippen molar-refractivity contribution in [2.45, 2.75) is 26.4 Å². The normalized spacial score (nSPS) is 11.1. The third kappa shape index (κ3) is 4.18. The van der Waals surface area contributed by atoms with Crippen LogP contribution in [0.2, 0.25) is 5.02 Å². The summed E-state index contributed by atoms with van der Waals surface area (Å²) in [6.07, 6.45) is -0.668. The summed E-state index contributed by atoms with van der Waals surface area (Å²) in [6.45, 7) is 5.30. The first kappa shape index (κ1) is 18.7. The van der Waals surface area contributed by atoms with Gasteiger partial charge in [0.05, 0.1) is 5.52 Å². The van der Waals surface area contributed by atoms with E-state index in [0.29, 0.717) is 16.1 Å². The number of nitrogens with one attached hydrogen (secondary N) is 1. The number of aromatic nitrogens is 1. The quantitative estimate of drug-likeness (QED) is 0.612. The summed E-state index contributed by atoms with van der Waals surface area (Å²) in [6, 6.07) is 16.9. The fourth-order valence-corrected chi connectivity index (χ4v) is 2.91. The molecule has 1 N–H and O–H groups in total. The van der Waals surface area contributed by atoms with Crippen molar-refractivity contribution in [1.29, 1.82) is 5.26 Å². The highest BCUT2D eigenvalue weighted by Crippen LogP contribution is 2.36. The van der Waals surface area contributed by atoms with E-state index in [0.717, 1.165) is 10.9 Å². The molecule has 27 heavy (non-hydrogen) atoms. The number of amides is 1. The minimum absolute atomic E-state index is 0.153. The first-order valence-corrected chi connectivity index (χ1v) is 8.75. The minimum Gasteiger partial charge on any atom is -0.444 e. The Labute approximate surface area is 162 Å². The van der Waals surface area contributed by atoms with Gasteiger partial charge in [0.2, 0.25) is 0 Å². The zero-order chi connectivity index (χ0) is 19.6. The van der Waals surface area contributed by atoms with Gasteiger partial charge in [-0.2, -0.15) is 5.26 Å². The highest BCUT2D eigenvalue weighted by Gasteiger charge is 2.21. The van der Waals surface area contributed by atoms with Crippen LogP contribution >= 0.6 is 11.6 Å². The molecule has 0 aliphatic rings. The van der Waals surface area contributed by atoms with Gasteiger partial charge in [0.1, 0.15) is 17.2 Å². The second-order valence-corrected chi connectivity index (χ2v) is 7.41. The molecule has 1 amide bonds. The molecule has 0 aliphatic heterocycles. The third-order valence-electron chi connectivity index (χ3n) is 3.74. The van der Waals surface area contributed by atoms with Crippen LogP contribution in [0.25, 0.3) is 22.0 Å². The van der Waals surface area contributed by atoms with E-state index in [1.165, 1.54) is 0 Å². The summed E-state index contributed by atoms with van der Waals surface area (Å²) in [4.78, 5) is 16.7. The van der Waals surface area contributed by atoms with Crippen molar-refractivity contribution in [1.82, 2.24) is 4.98 Å². The molecule has 0 radical (unpaired) electrons. The molecule has 3 aromatic rings. The van der Waals surface area contributed by atoms with Crippen LogP contribution in [0.3, 0.4) is 0 Å². The Bertz CT molecular complexity index is 1050. The molecular weight excluding hydrogens is 362 g/mol. The molecule has 1 aromatic heterocycles. The van der Waals surface area contributed by atoms with E-state index in [9.17, 15) is 10.1 Å². The molecule has 0 bridgehead atoms. The van der Waals surface area contributed by atoms with Gasteiger partial charge in [0.15, 0.2) is 5.82 Å². The number of halogens is 1. The lowest BCUT2D eigenvalue weighted by Crippen LogP contribution is -2.27.